The highest BCUT2D eigenvalue weighted by Gasteiger charge is 2.19. The number of nitrogens with zero attached hydrogens (tertiary/aromatic N) is 1. The van der Waals surface area contributed by atoms with E-state index in [4.69, 9.17) is 0 Å². The first-order valence-electron chi connectivity index (χ1n) is 5.97. The van der Waals surface area contributed by atoms with Crippen LogP contribution in [0.25, 0.3) is 0 Å². The van der Waals surface area contributed by atoms with E-state index in [2.05, 4.69) is 15.3 Å². The van der Waals surface area contributed by atoms with E-state index in [0.29, 0.717) is 24.4 Å². The topological polar surface area (TPSA) is 57.8 Å². The molecule has 1 unspecified atom stereocenters. The summed E-state index contributed by atoms with van der Waals surface area (Å²) in [6, 6.07) is 0.888. The Morgan fingerprint density at radius 1 is 1.35 bits per heavy atom. The number of aromatic amines is 1. The minimum Gasteiger partial charge on any atom is -0.347 e. The van der Waals surface area contributed by atoms with Crippen molar-refractivity contribution in [2.75, 3.05) is 0 Å². The molecule has 2 N–H and O–H groups in total. The lowest BCUT2D eigenvalue weighted by molar-refractivity contribution is 0.0932. The summed E-state index contributed by atoms with van der Waals surface area (Å²) in [5.74, 6) is -4.57. The normalized spacial score (nSPS) is 12.2. The van der Waals surface area contributed by atoms with Crippen LogP contribution in [0.3, 0.4) is 0 Å². The third-order valence-corrected chi connectivity index (χ3v) is 2.81. The van der Waals surface area contributed by atoms with Gasteiger partial charge in [-0.25, -0.2) is 18.2 Å². The number of halogens is 3. The van der Waals surface area contributed by atoms with Crippen LogP contribution in [-0.4, -0.2) is 15.9 Å². The van der Waals surface area contributed by atoms with Crippen LogP contribution in [0.5, 0.6) is 0 Å². The lowest BCUT2D eigenvalue weighted by atomic mass is 10.1. The van der Waals surface area contributed by atoms with E-state index in [-0.39, 0.29) is 5.56 Å². The average Bonchev–Trinajstić information content (AvgIpc) is 2.95. The van der Waals surface area contributed by atoms with Crippen molar-refractivity contribution < 1.29 is 18.0 Å². The molecule has 0 aliphatic rings. The van der Waals surface area contributed by atoms with E-state index in [1.165, 1.54) is 6.20 Å². The van der Waals surface area contributed by atoms with Crippen LogP contribution >= 0.6 is 0 Å². The fourth-order valence-corrected chi connectivity index (χ4v) is 1.76. The summed E-state index contributed by atoms with van der Waals surface area (Å²) in [6.45, 7) is 1.82. The molecule has 4 nitrogen and oxygen atoms in total. The van der Waals surface area contributed by atoms with Crippen LogP contribution in [0.4, 0.5) is 13.2 Å². The molecule has 0 fully saturated rings. The smallest absolute Gasteiger partial charge is 0.252 e. The molecule has 0 spiro atoms. The maximum Gasteiger partial charge on any atom is 0.252 e. The molecule has 1 heterocycles. The Balaban J connectivity index is 2.19. The van der Waals surface area contributed by atoms with Crippen LogP contribution in [0.1, 0.15) is 35.6 Å². The fourth-order valence-electron chi connectivity index (χ4n) is 1.76. The molecule has 20 heavy (non-hydrogen) atoms. The Labute approximate surface area is 113 Å². The number of aromatic nitrogens is 2. The summed E-state index contributed by atoms with van der Waals surface area (Å²) < 4.78 is 39.0. The molecule has 2 aromatic rings. The lowest BCUT2D eigenvalue weighted by Gasteiger charge is -2.14. The summed E-state index contributed by atoms with van der Waals surface area (Å²) in [4.78, 5) is 18.8. The first-order chi connectivity index (χ1) is 9.52. The molecule has 1 aromatic heterocycles. The van der Waals surface area contributed by atoms with Gasteiger partial charge in [-0.05, 0) is 18.6 Å². The zero-order valence-corrected chi connectivity index (χ0v) is 10.6. The second-order valence-corrected chi connectivity index (χ2v) is 4.16. The Bertz CT molecular complexity index is 590. The van der Waals surface area contributed by atoms with Gasteiger partial charge in [-0.3, -0.25) is 4.79 Å². The average molecular weight is 283 g/mol. The molecule has 7 heteroatoms. The first kappa shape index (κ1) is 14.1. The van der Waals surface area contributed by atoms with Gasteiger partial charge in [0.25, 0.3) is 5.91 Å². The number of H-pyrrole nitrogens is 1. The first-order valence-corrected chi connectivity index (χ1v) is 5.97. The van der Waals surface area contributed by atoms with E-state index in [0.717, 1.165) is 0 Å². The van der Waals surface area contributed by atoms with Crippen LogP contribution in [0, 0.1) is 17.5 Å². The number of imidazole rings is 1. The minimum absolute atomic E-state index is 0.286. The molecule has 0 saturated heterocycles. The van der Waals surface area contributed by atoms with Crippen molar-refractivity contribution in [3.8, 4) is 0 Å². The van der Waals surface area contributed by atoms with Crippen molar-refractivity contribution in [2.24, 2.45) is 0 Å². The predicted octanol–water partition coefficient (Wildman–Crippen LogP) is 2.71. The fraction of sp³-hybridized carbons (Fsp3) is 0.231. The van der Waals surface area contributed by atoms with Gasteiger partial charge in [0.15, 0.2) is 17.5 Å². The SMILES string of the molecule is CCC(NC(=O)c1cc(F)c(F)c(F)c1)c1ncc[nH]1. The number of rotatable bonds is 4. The summed E-state index contributed by atoms with van der Waals surface area (Å²) in [6.07, 6.45) is 3.66. The minimum atomic E-state index is -1.60. The molecule has 0 aliphatic carbocycles. The van der Waals surface area contributed by atoms with Gasteiger partial charge >= 0.3 is 0 Å². The summed E-state index contributed by atoms with van der Waals surface area (Å²) in [5.41, 5.74) is -0.286. The van der Waals surface area contributed by atoms with Gasteiger partial charge in [0.1, 0.15) is 5.82 Å². The van der Waals surface area contributed by atoms with Gasteiger partial charge in [0, 0.05) is 18.0 Å². The van der Waals surface area contributed by atoms with Crippen molar-refractivity contribution in [2.45, 2.75) is 19.4 Å². The second kappa shape index (κ2) is 5.77. The maximum absolute atomic E-state index is 13.1. The summed E-state index contributed by atoms with van der Waals surface area (Å²) in [5, 5.41) is 2.57. The number of nitrogens with one attached hydrogen (secondary N) is 2. The van der Waals surface area contributed by atoms with Crippen LogP contribution in [0.15, 0.2) is 24.5 Å². The number of carbonyl (C=O) groups is 1. The molecule has 0 radical (unpaired) electrons. The highest BCUT2D eigenvalue weighted by atomic mass is 19.2. The number of hydrogen-bond acceptors (Lipinski definition) is 2. The third-order valence-electron chi connectivity index (χ3n) is 2.81. The largest absolute Gasteiger partial charge is 0.347 e. The number of benzene rings is 1. The number of hydrogen-bond donors (Lipinski definition) is 2. The highest BCUT2D eigenvalue weighted by Crippen LogP contribution is 2.16. The van der Waals surface area contributed by atoms with E-state index >= 15 is 0 Å². The molecule has 1 amide bonds. The molecular formula is C13H12F3N3O. The third kappa shape index (κ3) is 2.81. The second-order valence-electron chi connectivity index (χ2n) is 4.16. The zero-order chi connectivity index (χ0) is 14.7. The quantitative estimate of drug-likeness (QED) is 0.848. The molecule has 2 rings (SSSR count). The molecular weight excluding hydrogens is 271 g/mol. The summed E-state index contributed by atoms with van der Waals surface area (Å²) >= 11 is 0. The van der Waals surface area contributed by atoms with Gasteiger partial charge < -0.3 is 10.3 Å². The van der Waals surface area contributed by atoms with E-state index < -0.39 is 29.4 Å². The van der Waals surface area contributed by atoms with Gasteiger partial charge in [-0.15, -0.1) is 0 Å². The van der Waals surface area contributed by atoms with E-state index in [1.807, 2.05) is 6.92 Å². The lowest BCUT2D eigenvalue weighted by Crippen LogP contribution is -2.29. The Morgan fingerprint density at radius 2 is 2.00 bits per heavy atom. The van der Waals surface area contributed by atoms with Gasteiger partial charge in [0.05, 0.1) is 6.04 Å². The zero-order valence-electron chi connectivity index (χ0n) is 10.6. The van der Waals surface area contributed by atoms with Crippen LogP contribution < -0.4 is 5.32 Å². The van der Waals surface area contributed by atoms with Crippen molar-refractivity contribution in [3.63, 3.8) is 0 Å². The van der Waals surface area contributed by atoms with Crippen molar-refractivity contribution in [3.05, 3.63) is 53.4 Å². The molecule has 1 aromatic carbocycles. The van der Waals surface area contributed by atoms with Crippen molar-refractivity contribution >= 4 is 5.91 Å². The Morgan fingerprint density at radius 3 is 2.50 bits per heavy atom. The number of amides is 1. The van der Waals surface area contributed by atoms with Crippen LogP contribution in [0.2, 0.25) is 0 Å². The van der Waals surface area contributed by atoms with Gasteiger partial charge in [0.2, 0.25) is 0 Å². The Kier molecular flexibility index (Phi) is 4.07. The molecule has 0 bridgehead atoms. The van der Waals surface area contributed by atoms with Gasteiger partial charge in [-0.2, -0.15) is 0 Å². The maximum atomic E-state index is 13.1. The molecule has 106 valence electrons. The van der Waals surface area contributed by atoms with Crippen LogP contribution in [-0.2, 0) is 0 Å². The highest BCUT2D eigenvalue weighted by molar-refractivity contribution is 5.94. The van der Waals surface area contributed by atoms with Crippen molar-refractivity contribution in [1.29, 1.82) is 0 Å². The summed E-state index contributed by atoms with van der Waals surface area (Å²) in [7, 11) is 0. The van der Waals surface area contributed by atoms with Crippen molar-refractivity contribution in [1.82, 2.24) is 15.3 Å². The van der Waals surface area contributed by atoms with Gasteiger partial charge in [-0.1, -0.05) is 6.92 Å². The Hall–Kier alpha value is -2.31. The monoisotopic (exact) mass is 283 g/mol. The molecule has 0 saturated carbocycles. The molecule has 1 atom stereocenters. The van der Waals surface area contributed by atoms with E-state index in [9.17, 15) is 18.0 Å². The number of carbonyl (C=O) groups excluding carboxylic acids is 1. The predicted molar refractivity (Wildman–Crippen MR) is 65.4 cm³/mol. The van der Waals surface area contributed by atoms with E-state index in [1.54, 1.807) is 6.20 Å². The molecule has 0 aliphatic heterocycles. The standard InChI is InChI=1S/C13H12F3N3O/c1-2-10(12-17-3-4-18-12)19-13(20)7-5-8(14)11(16)9(15)6-7/h3-6,10H,2H2,1H3,(H,17,18)(H,19,20).